The average Bonchev–Trinajstić information content (AvgIpc) is 3.22. The molecule has 21 heavy (non-hydrogen) atoms. The van der Waals surface area contributed by atoms with E-state index in [1.165, 1.54) is 17.7 Å². The lowest BCUT2D eigenvalue weighted by molar-refractivity contribution is -0.0783. The second kappa shape index (κ2) is 5.91. The average molecular weight is 303 g/mol. The van der Waals surface area contributed by atoms with Gasteiger partial charge in [-0.05, 0) is 24.3 Å². The third kappa shape index (κ3) is 2.78. The largest absolute Gasteiger partial charge is 0.375 e. The highest BCUT2D eigenvalue weighted by Gasteiger charge is 2.42. The lowest BCUT2D eigenvalue weighted by atomic mass is 10.0. The highest BCUT2D eigenvalue weighted by atomic mass is 32.1. The molecule has 2 aromatic rings. The lowest BCUT2D eigenvalue weighted by Gasteiger charge is -2.39. The molecular formula is C16H21N3OS. The number of rotatable bonds is 4. The first-order valence-electron chi connectivity index (χ1n) is 7.74. The second-order valence-electron chi connectivity index (χ2n) is 6.05. The third-order valence-corrected chi connectivity index (χ3v) is 5.64. The fraction of sp³-hybridized carbons (Fsp3) is 0.562. The summed E-state index contributed by atoms with van der Waals surface area (Å²) in [7, 11) is 0. The van der Waals surface area contributed by atoms with E-state index in [2.05, 4.69) is 38.2 Å². The molecule has 1 aliphatic heterocycles. The van der Waals surface area contributed by atoms with E-state index in [4.69, 9.17) is 4.74 Å². The number of hydrogen-bond donors (Lipinski definition) is 0. The summed E-state index contributed by atoms with van der Waals surface area (Å²) in [5.41, 5.74) is 0. The van der Waals surface area contributed by atoms with Gasteiger partial charge in [-0.15, -0.1) is 11.3 Å². The van der Waals surface area contributed by atoms with E-state index >= 15 is 0 Å². The van der Waals surface area contributed by atoms with Gasteiger partial charge in [0.1, 0.15) is 0 Å². The van der Waals surface area contributed by atoms with E-state index in [0.717, 1.165) is 26.2 Å². The van der Waals surface area contributed by atoms with E-state index < -0.39 is 0 Å². The van der Waals surface area contributed by atoms with Crippen molar-refractivity contribution in [1.29, 1.82) is 0 Å². The Morgan fingerprint density at radius 2 is 2.38 bits per heavy atom. The Bertz CT molecular complexity index is 554. The molecule has 0 bridgehead atoms. The first kappa shape index (κ1) is 13.5. The lowest BCUT2D eigenvalue weighted by Crippen LogP contribution is -2.50. The molecule has 3 unspecified atom stereocenters. The molecule has 4 rings (SSSR count). The van der Waals surface area contributed by atoms with Crippen molar-refractivity contribution in [1.82, 2.24) is 14.5 Å². The zero-order valence-corrected chi connectivity index (χ0v) is 12.9. The summed E-state index contributed by atoms with van der Waals surface area (Å²) < 4.78 is 8.33. The maximum atomic E-state index is 6.14. The van der Waals surface area contributed by atoms with Gasteiger partial charge in [0, 0.05) is 48.9 Å². The first-order valence-corrected chi connectivity index (χ1v) is 8.62. The summed E-state index contributed by atoms with van der Waals surface area (Å²) >= 11 is 1.86. The Labute approximate surface area is 129 Å². The summed E-state index contributed by atoms with van der Waals surface area (Å²) in [6.45, 7) is 4.05. The summed E-state index contributed by atoms with van der Waals surface area (Å²) in [5, 5.41) is 2.17. The van der Waals surface area contributed by atoms with Crippen LogP contribution in [0.2, 0.25) is 0 Å². The Balaban J connectivity index is 1.44. The number of morpholine rings is 1. The molecule has 1 aliphatic carbocycles. The molecule has 0 radical (unpaired) electrons. The fourth-order valence-corrected chi connectivity index (χ4v) is 4.53. The zero-order valence-electron chi connectivity index (χ0n) is 12.1. The van der Waals surface area contributed by atoms with Gasteiger partial charge in [0.15, 0.2) is 0 Å². The van der Waals surface area contributed by atoms with Crippen molar-refractivity contribution >= 4 is 11.3 Å². The molecule has 0 spiro atoms. The van der Waals surface area contributed by atoms with E-state index in [9.17, 15) is 0 Å². The molecule has 4 nitrogen and oxygen atoms in total. The number of nitrogens with zero attached hydrogens (tertiary/aromatic N) is 3. The van der Waals surface area contributed by atoms with Crippen LogP contribution in [0.15, 0.2) is 36.2 Å². The molecule has 2 fully saturated rings. The summed E-state index contributed by atoms with van der Waals surface area (Å²) in [5.74, 6) is 0.621. The SMILES string of the molecule is c1csc(CN2CCOC3C(Cn4ccnc4)CCC32)c1. The van der Waals surface area contributed by atoms with Crippen molar-refractivity contribution in [2.24, 2.45) is 5.92 Å². The molecule has 5 heteroatoms. The molecular weight excluding hydrogens is 282 g/mol. The number of thiophene rings is 1. The van der Waals surface area contributed by atoms with Gasteiger partial charge in [-0.25, -0.2) is 4.98 Å². The van der Waals surface area contributed by atoms with E-state index in [-0.39, 0.29) is 0 Å². The zero-order chi connectivity index (χ0) is 14.1. The Morgan fingerprint density at radius 3 is 3.19 bits per heavy atom. The van der Waals surface area contributed by atoms with Gasteiger partial charge in [0.05, 0.1) is 19.0 Å². The van der Waals surface area contributed by atoms with Gasteiger partial charge >= 0.3 is 0 Å². The summed E-state index contributed by atoms with van der Waals surface area (Å²) in [6.07, 6.45) is 8.74. The van der Waals surface area contributed by atoms with Crippen LogP contribution in [0.25, 0.3) is 0 Å². The van der Waals surface area contributed by atoms with Gasteiger partial charge in [0.2, 0.25) is 0 Å². The van der Waals surface area contributed by atoms with E-state index in [1.807, 2.05) is 23.9 Å². The van der Waals surface area contributed by atoms with Crippen LogP contribution in [-0.2, 0) is 17.8 Å². The number of fused-ring (bicyclic) bond motifs is 1. The molecule has 3 atom stereocenters. The summed E-state index contributed by atoms with van der Waals surface area (Å²) in [4.78, 5) is 8.25. The quantitative estimate of drug-likeness (QED) is 0.870. The molecule has 2 aliphatic rings. The van der Waals surface area contributed by atoms with Crippen LogP contribution in [0.1, 0.15) is 17.7 Å². The molecule has 2 aromatic heterocycles. The predicted molar refractivity (Wildman–Crippen MR) is 83.2 cm³/mol. The van der Waals surface area contributed by atoms with Crippen molar-refractivity contribution in [2.75, 3.05) is 13.2 Å². The third-order valence-electron chi connectivity index (χ3n) is 4.78. The number of ether oxygens (including phenoxy) is 1. The highest BCUT2D eigenvalue weighted by Crippen LogP contribution is 2.36. The van der Waals surface area contributed by atoms with Gasteiger partial charge in [-0.3, -0.25) is 4.90 Å². The van der Waals surface area contributed by atoms with Gasteiger partial charge in [-0.2, -0.15) is 0 Å². The Hall–Kier alpha value is -1.17. The number of aromatic nitrogens is 2. The van der Waals surface area contributed by atoms with E-state index in [0.29, 0.717) is 18.1 Å². The maximum Gasteiger partial charge on any atom is 0.0946 e. The normalized spacial score (nSPS) is 29.6. The van der Waals surface area contributed by atoms with Gasteiger partial charge < -0.3 is 9.30 Å². The molecule has 0 aromatic carbocycles. The van der Waals surface area contributed by atoms with Crippen LogP contribution in [0.3, 0.4) is 0 Å². The first-order chi connectivity index (χ1) is 10.4. The molecule has 0 N–H and O–H groups in total. The molecule has 1 saturated heterocycles. The molecule has 3 heterocycles. The Morgan fingerprint density at radius 1 is 1.38 bits per heavy atom. The Kier molecular flexibility index (Phi) is 3.80. The van der Waals surface area contributed by atoms with Crippen LogP contribution >= 0.6 is 11.3 Å². The summed E-state index contributed by atoms with van der Waals surface area (Å²) in [6, 6.07) is 4.98. The molecule has 0 amide bonds. The van der Waals surface area contributed by atoms with Crippen molar-refractivity contribution in [3.63, 3.8) is 0 Å². The fourth-order valence-electron chi connectivity index (χ4n) is 3.80. The number of hydrogen-bond acceptors (Lipinski definition) is 4. The minimum Gasteiger partial charge on any atom is -0.375 e. The highest BCUT2D eigenvalue weighted by molar-refractivity contribution is 7.09. The van der Waals surface area contributed by atoms with Crippen LogP contribution in [0, 0.1) is 5.92 Å². The van der Waals surface area contributed by atoms with Crippen LogP contribution in [0.5, 0.6) is 0 Å². The topological polar surface area (TPSA) is 30.3 Å². The van der Waals surface area contributed by atoms with Crippen LogP contribution < -0.4 is 0 Å². The van der Waals surface area contributed by atoms with Crippen molar-refractivity contribution in [2.45, 2.75) is 38.1 Å². The molecule has 1 saturated carbocycles. The number of imidazole rings is 1. The van der Waals surface area contributed by atoms with Gasteiger partial charge in [0.25, 0.3) is 0 Å². The monoisotopic (exact) mass is 303 g/mol. The minimum absolute atomic E-state index is 0.390. The maximum absolute atomic E-state index is 6.14. The molecule has 112 valence electrons. The minimum atomic E-state index is 0.390. The predicted octanol–water partition coefficient (Wildman–Crippen LogP) is 2.62. The second-order valence-corrected chi connectivity index (χ2v) is 7.08. The van der Waals surface area contributed by atoms with Gasteiger partial charge in [-0.1, -0.05) is 6.07 Å². The standard InChI is InChI=1S/C16H21N3OS/c1-2-14(21-9-1)11-19-7-8-20-16-13(3-4-15(16)19)10-18-6-5-17-12-18/h1-2,5-6,9,12-13,15-16H,3-4,7-8,10-11H2. The van der Waals surface area contributed by atoms with Crippen molar-refractivity contribution in [3.05, 3.63) is 41.1 Å². The van der Waals surface area contributed by atoms with Crippen LogP contribution in [-0.4, -0.2) is 39.7 Å². The van der Waals surface area contributed by atoms with Crippen molar-refractivity contribution in [3.8, 4) is 0 Å². The van der Waals surface area contributed by atoms with Crippen molar-refractivity contribution < 1.29 is 4.74 Å². The van der Waals surface area contributed by atoms with E-state index in [1.54, 1.807) is 0 Å². The smallest absolute Gasteiger partial charge is 0.0946 e. The van der Waals surface area contributed by atoms with Crippen LogP contribution in [0.4, 0.5) is 0 Å².